The molecular weight excluding hydrogens is 160 g/mol. The molecule has 0 fully saturated rings. The van der Waals surface area contributed by atoms with Crippen LogP contribution in [0.3, 0.4) is 0 Å². The van der Waals surface area contributed by atoms with Crippen molar-refractivity contribution in [1.82, 2.24) is 4.98 Å². The molecule has 1 atom stereocenters. The fourth-order valence-corrected chi connectivity index (χ4v) is 1.28. The zero-order valence-corrected chi connectivity index (χ0v) is 8.20. The summed E-state index contributed by atoms with van der Waals surface area (Å²) in [6, 6.07) is 4.12. The van der Waals surface area contributed by atoms with Crippen LogP contribution in [0, 0.1) is 0 Å². The number of hydrogen-bond donors (Lipinski definition) is 1. The Bertz CT molecular complexity index is 273. The van der Waals surface area contributed by atoms with Gasteiger partial charge < -0.3 is 5.73 Å². The van der Waals surface area contributed by atoms with Gasteiger partial charge in [0.25, 0.3) is 0 Å². The second-order valence-corrected chi connectivity index (χ2v) is 3.47. The predicted octanol–water partition coefficient (Wildman–Crippen LogP) is 1.92. The molecule has 0 aliphatic carbocycles. The summed E-state index contributed by atoms with van der Waals surface area (Å²) < 4.78 is 0. The Kier molecular flexibility index (Phi) is 3.65. The Balaban J connectivity index is 2.55. The third-order valence-electron chi connectivity index (χ3n) is 1.77. The second-order valence-electron chi connectivity index (χ2n) is 3.47. The molecule has 2 nitrogen and oxygen atoms in total. The first kappa shape index (κ1) is 9.93. The van der Waals surface area contributed by atoms with Crippen LogP contribution in [0.4, 0.5) is 0 Å². The molecule has 0 aliphatic rings. The van der Waals surface area contributed by atoms with Crippen LogP contribution in [0.5, 0.6) is 0 Å². The number of pyridine rings is 1. The van der Waals surface area contributed by atoms with Crippen LogP contribution < -0.4 is 5.73 Å². The van der Waals surface area contributed by atoms with Crippen LogP contribution >= 0.6 is 0 Å². The van der Waals surface area contributed by atoms with Gasteiger partial charge in [0.2, 0.25) is 0 Å². The first-order valence-electron chi connectivity index (χ1n) is 4.48. The molecule has 0 aliphatic heterocycles. The SMILES string of the molecule is CC(C)=CC(N)Cc1ccncc1. The van der Waals surface area contributed by atoms with Crippen molar-refractivity contribution in [3.63, 3.8) is 0 Å². The van der Waals surface area contributed by atoms with Gasteiger partial charge in [-0.2, -0.15) is 0 Å². The molecule has 0 bridgehead atoms. The lowest BCUT2D eigenvalue weighted by Gasteiger charge is -2.06. The van der Waals surface area contributed by atoms with Crippen molar-refractivity contribution in [2.75, 3.05) is 0 Å². The van der Waals surface area contributed by atoms with E-state index in [1.165, 1.54) is 11.1 Å². The Morgan fingerprint density at radius 1 is 1.46 bits per heavy atom. The van der Waals surface area contributed by atoms with Crippen LogP contribution in [0.2, 0.25) is 0 Å². The van der Waals surface area contributed by atoms with Gasteiger partial charge in [0.15, 0.2) is 0 Å². The third kappa shape index (κ3) is 3.85. The van der Waals surface area contributed by atoms with Crippen molar-refractivity contribution in [3.8, 4) is 0 Å². The molecule has 2 heteroatoms. The summed E-state index contributed by atoms with van der Waals surface area (Å²) in [5, 5.41) is 0. The fourth-order valence-electron chi connectivity index (χ4n) is 1.28. The van der Waals surface area contributed by atoms with E-state index in [9.17, 15) is 0 Å². The highest BCUT2D eigenvalue weighted by molar-refractivity contribution is 5.14. The molecule has 1 heterocycles. The topological polar surface area (TPSA) is 38.9 Å². The van der Waals surface area contributed by atoms with Crippen molar-refractivity contribution < 1.29 is 0 Å². The first-order chi connectivity index (χ1) is 6.18. The highest BCUT2D eigenvalue weighted by Gasteiger charge is 1.99. The molecule has 0 amide bonds. The zero-order chi connectivity index (χ0) is 9.68. The van der Waals surface area contributed by atoms with E-state index in [4.69, 9.17) is 5.73 Å². The first-order valence-corrected chi connectivity index (χ1v) is 4.48. The van der Waals surface area contributed by atoms with E-state index >= 15 is 0 Å². The molecular formula is C11H16N2. The largest absolute Gasteiger partial charge is 0.324 e. The minimum Gasteiger partial charge on any atom is -0.324 e. The fraction of sp³-hybridized carbons (Fsp3) is 0.364. The van der Waals surface area contributed by atoms with Crippen molar-refractivity contribution in [3.05, 3.63) is 41.7 Å². The van der Waals surface area contributed by atoms with Gasteiger partial charge in [-0.3, -0.25) is 4.98 Å². The standard InChI is InChI=1S/C11H16N2/c1-9(2)7-11(12)8-10-3-5-13-6-4-10/h3-7,11H,8,12H2,1-2H3. The molecule has 0 spiro atoms. The zero-order valence-electron chi connectivity index (χ0n) is 8.20. The second kappa shape index (κ2) is 4.77. The quantitative estimate of drug-likeness (QED) is 0.714. The Morgan fingerprint density at radius 2 is 2.08 bits per heavy atom. The maximum atomic E-state index is 5.91. The molecule has 1 unspecified atom stereocenters. The summed E-state index contributed by atoms with van der Waals surface area (Å²) in [7, 11) is 0. The number of nitrogens with zero attached hydrogens (tertiary/aromatic N) is 1. The van der Waals surface area contributed by atoms with Gasteiger partial charge in [-0.15, -0.1) is 0 Å². The number of nitrogens with two attached hydrogens (primary N) is 1. The summed E-state index contributed by atoms with van der Waals surface area (Å²) in [6.45, 7) is 4.12. The average Bonchev–Trinajstić information content (AvgIpc) is 2.04. The van der Waals surface area contributed by atoms with E-state index in [-0.39, 0.29) is 6.04 Å². The highest BCUT2D eigenvalue weighted by atomic mass is 14.6. The summed E-state index contributed by atoms with van der Waals surface area (Å²) in [5.74, 6) is 0. The third-order valence-corrected chi connectivity index (χ3v) is 1.77. The average molecular weight is 176 g/mol. The van der Waals surface area contributed by atoms with Crippen LogP contribution in [-0.4, -0.2) is 11.0 Å². The normalized spacial score (nSPS) is 12.2. The van der Waals surface area contributed by atoms with Gasteiger partial charge in [-0.1, -0.05) is 11.6 Å². The molecule has 13 heavy (non-hydrogen) atoms. The lowest BCUT2D eigenvalue weighted by Crippen LogP contribution is -2.20. The van der Waals surface area contributed by atoms with Crippen LogP contribution in [0.25, 0.3) is 0 Å². The molecule has 70 valence electrons. The number of rotatable bonds is 3. The molecule has 1 aromatic rings. The summed E-state index contributed by atoms with van der Waals surface area (Å²) >= 11 is 0. The molecule has 1 rings (SSSR count). The van der Waals surface area contributed by atoms with Crippen molar-refractivity contribution in [1.29, 1.82) is 0 Å². The predicted molar refractivity (Wildman–Crippen MR) is 55.3 cm³/mol. The monoisotopic (exact) mass is 176 g/mol. The lowest BCUT2D eigenvalue weighted by molar-refractivity contribution is 0.801. The number of allylic oxidation sites excluding steroid dienone is 1. The smallest absolute Gasteiger partial charge is 0.0270 e. The van der Waals surface area contributed by atoms with Crippen LogP contribution in [0.1, 0.15) is 19.4 Å². The maximum Gasteiger partial charge on any atom is 0.0270 e. The van der Waals surface area contributed by atoms with E-state index < -0.39 is 0 Å². The molecule has 2 N–H and O–H groups in total. The summed E-state index contributed by atoms with van der Waals surface area (Å²) in [4.78, 5) is 3.96. The molecule has 0 aromatic carbocycles. The Hall–Kier alpha value is -1.15. The van der Waals surface area contributed by atoms with Crippen molar-refractivity contribution in [2.45, 2.75) is 26.3 Å². The van der Waals surface area contributed by atoms with E-state index in [0.717, 1.165) is 6.42 Å². The highest BCUT2D eigenvalue weighted by Crippen LogP contribution is 2.02. The minimum absolute atomic E-state index is 0.118. The molecule has 0 radical (unpaired) electrons. The Morgan fingerprint density at radius 3 is 2.62 bits per heavy atom. The maximum absolute atomic E-state index is 5.91. The number of aromatic nitrogens is 1. The van der Waals surface area contributed by atoms with E-state index in [0.29, 0.717) is 0 Å². The number of hydrogen-bond acceptors (Lipinski definition) is 2. The lowest BCUT2D eigenvalue weighted by atomic mass is 10.1. The van der Waals surface area contributed by atoms with Crippen molar-refractivity contribution >= 4 is 0 Å². The van der Waals surface area contributed by atoms with Gasteiger partial charge in [0.05, 0.1) is 0 Å². The summed E-state index contributed by atoms with van der Waals surface area (Å²) in [5.41, 5.74) is 8.41. The van der Waals surface area contributed by atoms with Crippen molar-refractivity contribution in [2.24, 2.45) is 5.73 Å². The van der Waals surface area contributed by atoms with E-state index in [1.54, 1.807) is 12.4 Å². The molecule has 0 saturated carbocycles. The van der Waals surface area contributed by atoms with Crippen LogP contribution in [-0.2, 0) is 6.42 Å². The van der Waals surface area contributed by atoms with Gasteiger partial charge in [-0.25, -0.2) is 0 Å². The van der Waals surface area contributed by atoms with Gasteiger partial charge in [0, 0.05) is 18.4 Å². The van der Waals surface area contributed by atoms with Gasteiger partial charge in [-0.05, 0) is 38.0 Å². The molecule has 0 saturated heterocycles. The van der Waals surface area contributed by atoms with Crippen LogP contribution in [0.15, 0.2) is 36.2 Å². The van der Waals surface area contributed by atoms with E-state index in [1.807, 2.05) is 12.1 Å². The summed E-state index contributed by atoms with van der Waals surface area (Å²) in [6.07, 6.45) is 6.56. The van der Waals surface area contributed by atoms with E-state index in [2.05, 4.69) is 24.9 Å². The Labute approximate surface area is 79.5 Å². The molecule has 1 aromatic heterocycles. The van der Waals surface area contributed by atoms with Gasteiger partial charge in [0.1, 0.15) is 0 Å². The minimum atomic E-state index is 0.118. The van der Waals surface area contributed by atoms with Gasteiger partial charge >= 0.3 is 0 Å².